The van der Waals surface area contributed by atoms with Crippen molar-refractivity contribution in [3.05, 3.63) is 35.6 Å². The average Bonchev–Trinajstić information content (AvgIpc) is 3.21. The average molecular weight is 497 g/mol. The summed E-state index contributed by atoms with van der Waals surface area (Å²) < 4.78 is 5.96. The summed E-state index contributed by atoms with van der Waals surface area (Å²) in [5.74, 6) is -0.278. The third-order valence-corrected chi connectivity index (χ3v) is 11.2. The second kappa shape index (κ2) is 7.92. The lowest BCUT2D eigenvalue weighted by Gasteiger charge is -2.69. The van der Waals surface area contributed by atoms with E-state index in [2.05, 4.69) is 39.6 Å². The Morgan fingerprint density at radius 1 is 1.25 bits per heavy atom. The second-order valence-corrected chi connectivity index (χ2v) is 11.9. The third-order valence-electron chi connectivity index (χ3n) is 11.2. The zero-order valence-electron chi connectivity index (χ0n) is 21.7. The highest BCUT2D eigenvalue weighted by atomic mass is 16.5. The maximum absolute atomic E-state index is 13.1. The first-order valence-electron chi connectivity index (χ1n) is 13.5. The first-order chi connectivity index (χ1) is 17.3. The lowest BCUT2D eigenvalue weighted by atomic mass is 9.36. The topological polar surface area (TPSA) is 120 Å². The van der Waals surface area contributed by atoms with Gasteiger partial charge in [0, 0.05) is 55.6 Å². The van der Waals surface area contributed by atoms with Crippen molar-refractivity contribution in [3.63, 3.8) is 0 Å². The molecule has 8 unspecified atom stereocenters. The molecule has 8 heteroatoms. The number of hydrogen-bond donors (Lipinski definition) is 4. The maximum Gasteiger partial charge on any atom is 0.334 e. The van der Waals surface area contributed by atoms with Crippen LogP contribution in [0.25, 0.3) is 0 Å². The van der Waals surface area contributed by atoms with E-state index in [1.165, 1.54) is 0 Å². The number of allylic oxidation sites excluding steroid dienone is 1. The Labute approximate surface area is 213 Å². The van der Waals surface area contributed by atoms with Crippen LogP contribution in [-0.2, 0) is 9.53 Å². The van der Waals surface area contributed by atoms with Crippen LogP contribution < -0.4 is 11.1 Å². The van der Waals surface area contributed by atoms with E-state index in [9.17, 15) is 15.0 Å². The van der Waals surface area contributed by atoms with E-state index in [4.69, 9.17) is 10.5 Å². The van der Waals surface area contributed by atoms with Gasteiger partial charge in [-0.2, -0.15) is 0 Å². The summed E-state index contributed by atoms with van der Waals surface area (Å²) >= 11 is 0. The molecule has 0 amide bonds. The van der Waals surface area contributed by atoms with E-state index in [1.54, 1.807) is 14.2 Å². The molecule has 0 aromatic carbocycles. The molecule has 0 saturated heterocycles. The summed E-state index contributed by atoms with van der Waals surface area (Å²) in [5, 5.41) is 26.9. The molecule has 6 rings (SSSR count). The maximum atomic E-state index is 13.1. The minimum Gasteiger partial charge on any atom is -0.478 e. The van der Waals surface area contributed by atoms with Crippen LogP contribution in [0.1, 0.15) is 44.9 Å². The fourth-order valence-electron chi connectivity index (χ4n) is 10.3. The number of nitrogens with zero attached hydrogens (tertiary/aromatic N) is 2. The highest BCUT2D eigenvalue weighted by Crippen LogP contribution is 2.83. The Kier molecular flexibility index (Phi) is 5.32. The van der Waals surface area contributed by atoms with Crippen LogP contribution in [0.15, 0.2) is 40.6 Å². The first kappa shape index (κ1) is 24.2. The molecule has 1 aliphatic heterocycles. The molecule has 3 saturated carbocycles. The van der Waals surface area contributed by atoms with Crippen molar-refractivity contribution in [2.24, 2.45) is 44.7 Å². The van der Waals surface area contributed by atoms with Gasteiger partial charge in [0.25, 0.3) is 0 Å². The molecule has 3 fully saturated rings. The number of carboxylic acid groups (broad SMARTS) is 1. The molecule has 0 aromatic rings. The van der Waals surface area contributed by atoms with E-state index >= 15 is 0 Å². The van der Waals surface area contributed by atoms with Crippen molar-refractivity contribution in [2.75, 3.05) is 34.3 Å². The van der Waals surface area contributed by atoms with E-state index < -0.39 is 23.1 Å². The summed E-state index contributed by atoms with van der Waals surface area (Å²) in [7, 11) is 5.32. The van der Waals surface area contributed by atoms with Crippen LogP contribution in [-0.4, -0.2) is 73.0 Å². The number of methoxy groups -OCH3 is 1. The van der Waals surface area contributed by atoms with Crippen molar-refractivity contribution < 1.29 is 19.7 Å². The largest absolute Gasteiger partial charge is 0.478 e. The van der Waals surface area contributed by atoms with Gasteiger partial charge in [-0.1, -0.05) is 31.1 Å². The van der Waals surface area contributed by atoms with Gasteiger partial charge >= 0.3 is 5.97 Å². The molecule has 6 aliphatic rings. The van der Waals surface area contributed by atoms with E-state index in [1.807, 2.05) is 7.05 Å². The van der Waals surface area contributed by atoms with E-state index in [0.29, 0.717) is 37.2 Å². The van der Waals surface area contributed by atoms with Gasteiger partial charge in [-0.25, -0.2) is 4.79 Å². The van der Waals surface area contributed by atoms with Crippen LogP contribution in [0.5, 0.6) is 0 Å². The molecular formula is C28H40N4O4. The van der Waals surface area contributed by atoms with Crippen molar-refractivity contribution in [1.82, 2.24) is 10.2 Å². The standard InChI is InChI=1S/C28H40N4O4/c1-30-15-25-11-10-20-27-17-6-4-5-7-21(36-3)28(20,35)22(23(33)34)19(27)14-18(9-8-17)26(25,27)16-32(13-12-25)24(29)31-2/h10-13,17-18,20-21,30,35H,4-9,14-16H2,1-3H3,(H2,29,31)(H,33,34). The fourth-order valence-corrected chi connectivity index (χ4v) is 10.3. The molecule has 0 radical (unpaired) electrons. The van der Waals surface area contributed by atoms with Gasteiger partial charge in [0.15, 0.2) is 5.96 Å². The number of ether oxygens (including phenoxy) is 1. The Bertz CT molecular complexity index is 1100. The van der Waals surface area contributed by atoms with Crippen LogP contribution in [0, 0.1) is 34.0 Å². The number of aliphatic imine (C=N–C) groups is 1. The molecule has 5 aliphatic carbocycles. The number of aliphatic carboxylic acids is 1. The Hall–Kier alpha value is -2.16. The molecule has 2 spiro atoms. The third kappa shape index (κ3) is 2.46. The van der Waals surface area contributed by atoms with Gasteiger partial charge in [0.2, 0.25) is 0 Å². The second-order valence-electron chi connectivity index (χ2n) is 11.9. The lowest BCUT2D eigenvalue weighted by Crippen LogP contribution is -2.71. The Morgan fingerprint density at radius 2 is 2.00 bits per heavy atom. The van der Waals surface area contributed by atoms with Gasteiger partial charge in [0.05, 0.1) is 11.7 Å². The van der Waals surface area contributed by atoms with Gasteiger partial charge in [-0.3, -0.25) is 4.99 Å². The van der Waals surface area contributed by atoms with Crippen molar-refractivity contribution in [3.8, 4) is 0 Å². The van der Waals surface area contributed by atoms with Crippen molar-refractivity contribution in [2.45, 2.75) is 56.7 Å². The highest BCUT2D eigenvalue weighted by Gasteiger charge is 2.83. The minimum absolute atomic E-state index is 0.221. The van der Waals surface area contributed by atoms with Crippen LogP contribution in [0.3, 0.4) is 0 Å². The number of aliphatic hydroxyl groups is 1. The molecular weight excluding hydrogens is 456 g/mol. The van der Waals surface area contributed by atoms with Gasteiger partial charge < -0.3 is 30.9 Å². The molecule has 5 N–H and O–H groups in total. The summed E-state index contributed by atoms with van der Waals surface area (Å²) in [5.41, 5.74) is 4.95. The number of rotatable bonds is 4. The molecule has 0 aromatic heterocycles. The van der Waals surface area contributed by atoms with Gasteiger partial charge in [0.1, 0.15) is 5.60 Å². The number of carbonyl (C=O) groups is 1. The van der Waals surface area contributed by atoms with Crippen LogP contribution in [0.2, 0.25) is 0 Å². The smallest absolute Gasteiger partial charge is 0.334 e. The van der Waals surface area contributed by atoms with Gasteiger partial charge in [-0.15, -0.1) is 0 Å². The predicted octanol–water partition coefficient (Wildman–Crippen LogP) is 2.27. The summed E-state index contributed by atoms with van der Waals surface area (Å²) in [6.07, 6.45) is 14.8. The summed E-state index contributed by atoms with van der Waals surface area (Å²) in [4.78, 5) is 19.5. The highest BCUT2D eigenvalue weighted by molar-refractivity contribution is 5.93. The molecule has 36 heavy (non-hydrogen) atoms. The molecule has 8 atom stereocenters. The summed E-state index contributed by atoms with van der Waals surface area (Å²) in [6, 6.07) is 0. The van der Waals surface area contributed by atoms with Crippen LogP contribution in [0.4, 0.5) is 0 Å². The molecule has 8 nitrogen and oxygen atoms in total. The SMILES string of the molecule is CN=C(N)N1C=CC2(CNC)C=CC3C4(O)C(C(=O)O)=C5CC6CCC(CCCCC4OC)C53C62C1. The normalized spacial score (nSPS) is 46.9. The number of guanidine groups is 1. The van der Waals surface area contributed by atoms with Crippen molar-refractivity contribution in [1.29, 1.82) is 0 Å². The zero-order chi connectivity index (χ0) is 25.5. The summed E-state index contributed by atoms with van der Waals surface area (Å²) in [6.45, 7) is 1.41. The number of nitrogens with one attached hydrogen (secondary N) is 1. The molecule has 196 valence electrons. The number of carboxylic acids is 1. The predicted molar refractivity (Wildman–Crippen MR) is 137 cm³/mol. The monoisotopic (exact) mass is 496 g/mol. The minimum atomic E-state index is -1.56. The zero-order valence-corrected chi connectivity index (χ0v) is 21.7. The molecule has 3 bridgehead atoms. The molecule has 1 heterocycles. The quantitative estimate of drug-likeness (QED) is 0.268. The van der Waals surface area contributed by atoms with E-state index in [-0.39, 0.29) is 22.3 Å². The van der Waals surface area contributed by atoms with E-state index in [0.717, 1.165) is 44.2 Å². The Morgan fingerprint density at radius 3 is 2.69 bits per heavy atom. The number of nitrogens with two attached hydrogens (primary N) is 1. The lowest BCUT2D eigenvalue weighted by molar-refractivity contribution is -0.188. The van der Waals surface area contributed by atoms with Gasteiger partial charge in [-0.05, 0) is 56.6 Å². The number of hydrogen-bond acceptors (Lipinski definition) is 5. The Balaban J connectivity index is 1.73. The fraction of sp³-hybridized carbons (Fsp3) is 0.714. The van der Waals surface area contributed by atoms with Crippen molar-refractivity contribution >= 4 is 11.9 Å². The van der Waals surface area contributed by atoms with Crippen LogP contribution >= 0.6 is 0 Å². The first-order valence-corrected chi connectivity index (χ1v) is 13.5.